The van der Waals surface area contributed by atoms with Gasteiger partial charge in [-0.1, -0.05) is 32.8 Å². The Labute approximate surface area is 190 Å². The molecule has 0 amide bonds. The maximum atomic E-state index is 13.3. The molecular formula is C26H38O6. The Kier molecular flexibility index (Phi) is 5.48. The van der Waals surface area contributed by atoms with E-state index in [4.69, 9.17) is 9.47 Å². The summed E-state index contributed by atoms with van der Waals surface area (Å²) in [7, 11) is 0. The van der Waals surface area contributed by atoms with Gasteiger partial charge in [-0.3, -0.25) is 9.59 Å². The first-order valence-electron chi connectivity index (χ1n) is 12.6. The van der Waals surface area contributed by atoms with E-state index < -0.39 is 30.0 Å². The molecule has 1 saturated heterocycles. The number of fused-ring (bicyclic) bond motifs is 7. The second kappa shape index (κ2) is 7.72. The van der Waals surface area contributed by atoms with Crippen LogP contribution >= 0.6 is 0 Å². The fourth-order valence-electron chi connectivity index (χ4n) is 8.62. The van der Waals surface area contributed by atoms with Gasteiger partial charge in [-0.05, 0) is 74.2 Å². The molecule has 0 aromatic heterocycles. The van der Waals surface area contributed by atoms with Crippen LogP contribution in [0.4, 0.5) is 0 Å². The third-order valence-corrected chi connectivity index (χ3v) is 10.0. The second-order valence-corrected chi connectivity index (χ2v) is 11.4. The zero-order valence-electron chi connectivity index (χ0n) is 19.6. The monoisotopic (exact) mass is 446 g/mol. The fraction of sp³-hybridized carbons (Fsp3) is 0.846. The van der Waals surface area contributed by atoms with Crippen molar-refractivity contribution in [1.82, 2.24) is 0 Å². The van der Waals surface area contributed by atoms with E-state index in [0.29, 0.717) is 12.8 Å². The third kappa shape index (κ3) is 2.85. The molecule has 1 heterocycles. The zero-order valence-corrected chi connectivity index (χ0v) is 19.6. The molecule has 6 nitrogen and oxygen atoms in total. The minimum absolute atomic E-state index is 0.0738. The van der Waals surface area contributed by atoms with Crippen LogP contribution in [0, 0.1) is 28.6 Å². The van der Waals surface area contributed by atoms with Crippen LogP contribution in [0.15, 0.2) is 11.6 Å². The highest BCUT2D eigenvalue weighted by molar-refractivity contribution is 5.92. The molecule has 0 spiro atoms. The molecule has 4 aliphatic carbocycles. The van der Waals surface area contributed by atoms with Crippen molar-refractivity contribution in [2.24, 2.45) is 28.6 Å². The predicted octanol–water partition coefficient (Wildman–Crippen LogP) is 3.33. The molecule has 9 atom stereocenters. The Balaban J connectivity index is 1.52. The number of rotatable bonds is 5. The van der Waals surface area contributed by atoms with Gasteiger partial charge in [-0.15, -0.1) is 0 Å². The standard InChI is InChI=1S/C26H38O6/c1-4-5-6-22-31-21-12-18-17-8-7-15-11-16(28)9-10-24(15,2)23(17)19(29)13-25(18,3)26(21,32-22)20(30)14-27/h11,17-19,21-23,27,29H,4-10,12-14H2,1-3H3/t17-,18-,19-,21+,22?,23+,24-,25-,26+/m0/s1. The fourth-order valence-corrected chi connectivity index (χ4v) is 8.62. The van der Waals surface area contributed by atoms with Crippen LogP contribution in [0.2, 0.25) is 0 Å². The van der Waals surface area contributed by atoms with Crippen LogP contribution in [0.1, 0.15) is 78.6 Å². The Hall–Kier alpha value is -1.08. The summed E-state index contributed by atoms with van der Waals surface area (Å²) in [4.78, 5) is 25.4. The number of Topliss-reactive ketones (excluding diaryl/α,β-unsaturated/α-hetero) is 1. The van der Waals surface area contributed by atoms with Gasteiger partial charge in [0, 0.05) is 11.8 Å². The van der Waals surface area contributed by atoms with Crippen molar-refractivity contribution in [3.05, 3.63) is 11.6 Å². The SMILES string of the molecule is CCCCC1O[C@@H]2C[C@H]3[C@@H]4CCC5=CC(=O)CC[C@]5(C)[C@H]4[C@@H](O)C[C@]3(C)[C@]2(C(=O)CO)O1. The number of carbonyl (C=O) groups is 2. The molecule has 0 aromatic carbocycles. The number of ketones is 2. The lowest BCUT2D eigenvalue weighted by Crippen LogP contribution is -2.63. The smallest absolute Gasteiger partial charge is 0.193 e. The zero-order chi connectivity index (χ0) is 22.9. The van der Waals surface area contributed by atoms with E-state index in [1.807, 2.05) is 6.08 Å². The summed E-state index contributed by atoms with van der Waals surface area (Å²) in [6.07, 6.45) is 7.48. The minimum Gasteiger partial charge on any atom is -0.393 e. The second-order valence-electron chi connectivity index (χ2n) is 11.4. The molecule has 0 radical (unpaired) electrons. The summed E-state index contributed by atoms with van der Waals surface area (Å²) < 4.78 is 12.8. The van der Waals surface area contributed by atoms with Crippen molar-refractivity contribution < 1.29 is 29.3 Å². The Bertz CT molecular complexity index is 836. The van der Waals surface area contributed by atoms with Gasteiger partial charge in [-0.2, -0.15) is 0 Å². The third-order valence-electron chi connectivity index (χ3n) is 10.0. The van der Waals surface area contributed by atoms with Gasteiger partial charge in [0.25, 0.3) is 0 Å². The first-order valence-corrected chi connectivity index (χ1v) is 12.6. The molecule has 4 fully saturated rings. The van der Waals surface area contributed by atoms with Gasteiger partial charge in [0.05, 0.1) is 12.2 Å². The number of allylic oxidation sites excluding steroid dienone is 1. The maximum Gasteiger partial charge on any atom is 0.193 e. The van der Waals surface area contributed by atoms with E-state index in [1.165, 1.54) is 5.57 Å². The molecule has 1 unspecified atom stereocenters. The molecule has 6 heteroatoms. The molecule has 0 bridgehead atoms. The summed E-state index contributed by atoms with van der Waals surface area (Å²) in [5, 5.41) is 21.5. The lowest BCUT2D eigenvalue weighted by atomic mass is 9.45. The highest BCUT2D eigenvalue weighted by Gasteiger charge is 2.75. The highest BCUT2D eigenvalue weighted by atomic mass is 16.7. The van der Waals surface area contributed by atoms with Crippen molar-refractivity contribution in [3.8, 4) is 0 Å². The number of ether oxygens (including phenoxy) is 2. The van der Waals surface area contributed by atoms with Crippen LogP contribution < -0.4 is 0 Å². The van der Waals surface area contributed by atoms with Crippen molar-refractivity contribution >= 4 is 11.6 Å². The molecule has 3 saturated carbocycles. The number of aliphatic hydroxyl groups is 2. The summed E-state index contributed by atoms with van der Waals surface area (Å²) in [6.45, 7) is 5.87. The Morgan fingerprint density at radius 1 is 1.28 bits per heavy atom. The molecular weight excluding hydrogens is 408 g/mol. The normalized spacial score (nSPS) is 49.7. The van der Waals surface area contributed by atoms with Gasteiger partial charge in [-0.25, -0.2) is 0 Å². The summed E-state index contributed by atoms with van der Waals surface area (Å²) in [6, 6.07) is 0. The molecule has 32 heavy (non-hydrogen) atoms. The summed E-state index contributed by atoms with van der Waals surface area (Å²) >= 11 is 0. The predicted molar refractivity (Wildman–Crippen MR) is 118 cm³/mol. The minimum atomic E-state index is -1.18. The van der Waals surface area contributed by atoms with Crippen molar-refractivity contribution in [2.45, 2.75) is 103 Å². The van der Waals surface area contributed by atoms with Gasteiger partial charge in [0.1, 0.15) is 6.61 Å². The van der Waals surface area contributed by atoms with E-state index >= 15 is 0 Å². The lowest BCUT2D eigenvalue weighted by molar-refractivity contribution is -0.203. The van der Waals surface area contributed by atoms with Gasteiger partial charge in [0.15, 0.2) is 23.5 Å². The largest absolute Gasteiger partial charge is 0.393 e. The van der Waals surface area contributed by atoms with Crippen LogP contribution in [0.25, 0.3) is 0 Å². The van der Waals surface area contributed by atoms with Crippen LogP contribution in [-0.2, 0) is 19.1 Å². The van der Waals surface area contributed by atoms with E-state index in [1.54, 1.807) is 0 Å². The lowest BCUT2D eigenvalue weighted by Gasteiger charge is -2.60. The van der Waals surface area contributed by atoms with E-state index in [0.717, 1.165) is 44.9 Å². The first-order chi connectivity index (χ1) is 15.2. The number of aliphatic hydroxyl groups excluding tert-OH is 2. The Morgan fingerprint density at radius 3 is 2.78 bits per heavy atom. The quantitative estimate of drug-likeness (QED) is 0.673. The molecule has 5 rings (SSSR count). The van der Waals surface area contributed by atoms with Gasteiger partial charge in [0.2, 0.25) is 0 Å². The van der Waals surface area contributed by atoms with Crippen LogP contribution in [-0.4, -0.2) is 52.5 Å². The van der Waals surface area contributed by atoms with E-state index in [9.17, 15) is 19.8 Å². The van der Waals surface area contributed by atoms with E-state index in [-0.39, 0.29) is 40.8 Å². The van der Waals surface area contributed by atoms with Crippen LogP contribution in [0.3, 0.4) is 0 Å². The van der Waals surface area contributed by atoms with Gasteiger partial charge >= 0.3 is 0 Å². The van der Waals surface area contributed by atoms with Crippen LogP contribution in [0.5, 0.6) is 0 Å². The molecule has 178 valence electrons. The van der Waals surface area contributed by atoms with Crippen molar-refractivity contribution in [2.75, 3.05) is 6.61 Å². The number of hydrogen-bond donors (Lipinski definition) is 2. The average Bonchev–Trinajstić information content (AvgIpc) is 3.24. The highest BCUT2D eigenvalue weighted by Crippen LogP contribution is 2.70. The summed E-state index contributed by atoms with van der Waals surface area (Å²) in [5.74, 6) is 0.399. The first kappa shape index (κ1) is 22.7. The van der Waals surface area contributed by atoms with Crippen molar-refractivity contribution in [1.29, 1.82) is 0 Å². The average molecular weight is 447 g/mol. The van der Waals surface area contributed by atoms with E-state index in [2.05, 4.69) is 20.8 Å². The molecule has 2 N–H and O–H groups in total. The molecule has 0 aromatic rings. The van der Waals surface area contributed by atoms with Gasteiger partial charge < -0.3 is 19.7 Å². The Morgan fingerprint density at radius 2 is 2.06 bits per heavy atom. The number of carbonyl (C=O) groups excluding carboxylic acids is 2. The summed E-state index contributed by atoms with van der Waals surface area (Å²) in [5.41, 5.74) is -0.740. The molecule has 1 aliphatic heterocycles. The molecule has 5 aliphatic rings. The maximum absolute atomic E-state index is 13.3. The van der Waals surface area contributed by atoms with Crippen molar-refractivity contribution in [3.63, 3.8) is 0 Å². The topological polar surface area (TPSA) is 93.1 Å². The number of unbranched alkanes of at least 4 members (excludes halogenated alkanes) is 1. The number of hydrogen-bond acceptors (Lipinski definition) is 6.